The summed E-state index contributed by atoms with van der Waals surface area (Å²) in [5.74, 6) is 3.49. The van der Waals surface area contributed by atoms with Crippen LogP contribution in [-0.4, -0.2) is 69.3 Å². The highest BCUT2D eigenvalue weighted by atomic mass is 32.3. The Balaban J connectivity index is 1.08. The molecule has 4 N–H and O–H groups in total. The van der Waals surface area contributed by atoms with E-state index < -0.39 is 16.6 Å². The maximum absolute atomic E-state index is 11.6. The third kappa shape index (κ3) is 6.21. The zero-order valence-corrected chi connectivity index (χ0v) is 33.9. The van der Waals surface area contributed by atoms with Gasteiger partial charge in [-0.05, 0) is 145 Å². The quantitative estimate of drug-likeness (QED) is 0.149. The monoisotopic (exact) mass is 732 g/mol. The molecule has 5 fully saturated rings. The van der Waals surface area contributed by atoms with Crippen LogP contribution in [0.2, 0.25) is 0 Å². The summed E-state index contributed by atoms with van der Waals surface area (Å²) in [5.41, 5.74) is 5.58. The maximum atomic E-state index is 11.6. The molecule has 52 heavy (non-hydrogen) atoms. The van der Waals surface area contributed by atoms with Gasteiger partial charge in [-0.2, -0.15) is 10.6 Å². The third-order valence-electron chi connectivity index (χ3n) is 17.0. The minimum absolute atomic E-state index is 0.0224. The highest BCUT2D eigenvalue weighted by Gasteiger charge is 2.70. The van der Waals surface area contributed by atoms with Gasteiger partial charge in [-0.3, -0.25) is 14.0 Å². The van der Waals surface area contributed by atoms with E-state index in [4.69, 9.17) is 0 Å². The molecule has 288 valence electrons. The first-order valence-electron chi connectivity index (χ1n) is 20.5. The van der Waals surface area contributed by atoms with Crippen molar-refractivity contribution in [2.24, 2.45) is 56.7 Å². The van der Waals surface area contributed by atoms with Crippen molar-refractivity contribution in [3.05, 3.63) is 65.8 Å². The zero-order chi connectivity index (χ0) is 37.3. The number of hydrogen-bond acceptors (Lipinski definition) is 5. The lowest BCUT2D eigenvalue weighted by Gasteiger charge is -2.72. The summed E-state index contributed by atoms with van der Waals surface area (Å²) < 4.78 is 19.9. The predicted molar refractivity (Wildman–Crippen MR) is 217 cm³/mol. The van der Waals surface area contributed by atoms with Crippen molar-refractivity contribution in [1.82, 2.24) is 10.2 Å². The number of nitrogens with zero attached hydrogens (tertiary/aromatic N) is 1. The van der Waals surface area contributed by atoms with E-state index in [1.54, 1.807) is 12.1 Å². The normalized spacial score (nSPS) is 41.6. The SMILES string of the molecule is C=C(C)[C@@H]1CC[C@]2(CNCC=CCN3CCS(O)(O)CC3)CC[C@]3(C)[C@H](CC[C@@H]4[C@@]5(C)CC=C(c6ccc(C(=O)O)cc6)C(C)(C)[C@@H]5CC[C@]43C)[C@@H]12. The standard InChI is InChI=1S/C45H68N2O4S/c1-31(2)34-16-21-45(30-46-24-8-9-25-47-26-28-52(50,51)29-27-47)23-22-43(6)36(39(34)45)14-15-38-42(5)19-17-35(32-10-12-33(13-11-32)40(48)49)41(3,4)37(42)18-20-44(38,43)7/h8-13,17,34,36-39,46,50-51H,1,14-16,18-30H2,2-7H3,(H,48,49)/t34-,36+,37-,38+,39+,42-,43+,44+,45+/m0/s1. The summed E-state index contributed by atoms with van der Waals surface area (Å²) in [6.07, 6.45) is 18.7. The zero-order valence-electron chi connectivity index (χ0n) is 33.1. The predicted octanol–water partition coefficient (Wildman–Crippen LogP) is 10.2. The molecular weight excluding hydrogens is 665 g/mol. The first kappa shape index (κ1) is 38.4. The molecule has 0 unspecified atom stereocenters. The van der Waals surface area contributed by atoms with Crippen LogP contribution in [0.5, 0.6) is 0 Å². The average molecular weight is 733 g/mol. The molecule has 1 heterocycles. The Morgan fingerprint density at radius 3 is 2.31 bits per heavy atom. The van der Waals surface area contributed by atoms with Gasteiger partial charge in [0.1, 0.15) is 0 Å². The molecule has 0 spiro atoms. The second-order valence-corrected chi connectivity index (χ2v) is 22.0. The molecule has 0 amide bonds. The summed E-state index contributed by atoms with van der Waals surface area (Å²) >= 11 is 0. The van der Waals surface area contributed by atoms with Crippen molar-refractivity contribution in [2.45, 2.75) is 99.3 Å². The van der Waals surface area contributed by atoms with Crippen molar-refractivity contribution in [3.63, 3.8) is 0 Å². The van der Waals surface area contributed by atoms with Gasteiger partial charge in [0.15, 0.2) is 0 Å². The molecule has 4 saturated carbocycles. The van der Waals surface area contributed by atoms with Crippen LogP contribution in [0.1, 0.15) is 115 Å². The van der Waals surface area contributed by atoms with Gasteiger partial charge >= 0.3 is 5.97 Å². The van der Waals surface area contributed by atoms with Gasteiger partial charge in [0.05, 0.1) is 17.1 Å². The number of benzene rings is 1. The fraction of sp³-hybridized carbons (Fsp3) is 0.711. The molecule has 1 aromatic carbocycles. The first-order valence-corrected chi connectivity index (χ1v) is 22.4. The smallest absolute Gasteiger partial charge is 0.335 e. The fourth-order valence-corrected chi connectivity index (χ4v) is 15.4. The highest BCUT2D eigenvalue weighted by molar-refractivity contribution is 8.24. The molecule has 1 aromatic rings. The number of aromatic carboxylic acids is 1. The van der Waals surface area contributed by atoms with Gasteiger partial charge < -0.3 is 10.4 Å². The van der Waals surface area contributed by atoms with Crippen molar-refractivity contribution in [3.8, 4) is 0 Å². The Morgan fingerprint density at radius 2 is 1.63 bits per heavy atom. The Morgan fingerprint density at radius 1 is 0.923 bits per heavy atom. The Bertz CT molecular complexity index is 1590. The molecule has 9 atom stereocenters. The average Bonchev–Trinajstić information content (AvgIpc) is 3.47. The van der Waals surface area contributed by atoms with E-state index in [0.717, 1.165) is 45.1 Å². The number of rotatable bonds is 9. The lowest BCUT2D eigenvalue weighted by molar-refractivity contribution is -0.225. The molecule has 7 rings (SSSR count). The number of allylic oxidation sites excluding steroid dienone is 3. The van der Waals surface area contributed by atoms with Crippen molar-refractivity contribution in [2.75, 3.05) is 44.2 Å². The van der Waals surface area contributed by atoms with E-state index in [0.29, 0.717) is 57.0 Å². The maximum Gasteiger partial charge on any atom is 0.335 e. The number of carboxylic acid groups (broad SMARTS) is 1. The molecule has 1 aliphatic heterocycles. The second kappa shape index (κ2) is 13.7. The van der Waals surface area contributed by atoms with E-state index >= 15 is 0 Å². The van der Waals surface area contributed by atoms with Crippen LogP contribution in [0.4, 0.5) is 0 Å². The van der Waals surface area contributed by atoms with Gasteiger partial charge in [0.25, 0.3) is 0 Å². The fourth-order valence-electron chi connectivity index (χ4n) is 14.1. The molecule has 6 aliphatic rings. The molecular formula is C45H68N2O4S. The molecule has 0 radical (unpaired) electrons. The third-order valence-corrected chi connectivity index (χ3v) is 18.7. The van der Waals surface area contributed by atoms with Gasteiger partial charge in [-0.15, -0.1) is 0 Å². The minimum Gasteiger partial charge on any atom is -0.478 e. The van der Waals surface area contributed by atoms with Gasteiger partial charge in [-0.25, -0.2) is 4.79 Å². The van der Waals surface area contributed by atoms with E-state index in [-0.39, 0.29) is 10.8 Å². The summed E-state index contributed by atoms with van der Waals surface area (Å²) in [7, 11) is -2.34. The molecule has 1 saturated heterocycles. The van der Waals surface area contributed by atoms with Gasteiger partial charge in [0, 0.05) is 32.7 Å². The number of nitrogens with one attached hydrogen (secondary N) is 1. The summed E-state index contributed by atoms with van der Waals surface area (Å²) in [4.78, 5) is 13.9. The molecule has 5 aliphatic carbocycles. The van der Waals surface area contributed by atoms with E-state index in [2.05, 4.69) is 76.6 Å². The molecule has 0 aromatic heterocycles. The molecule has 6 nitrogen and oxygen atoms in total. The van der Waals surface area contributed by atoms with E-state index in [1.807, 2.05) is 12.1 Å². The van der Waals surface area contributed by atoms with Crippen LogP contribution in [-0.2, 0) is 0 Å². The summed E-state index contributed by atoms with van der Waals surface area (Å²) in [5, 5.41) is 13.4. The second-order valence-electron chi connectivity index (χ2n) is 19.6. The lowest BCUT2D eigenvalue weighted by atomic mass is 9.32. The summed E-state index contributed by atoms with van der Waals surface area (Å²) in [6.45, 7) is 24.4. The van der Waals surface area contributed by atoms with E-state index in [1.165, 1.54) is 68.1 Å². The van der Waals surface area contributed by atoms with Crippen LogP contribution in [0.15, 0.2) is 54.6 Å². The minimum atomic E-state index is -2.34. The Labute approximate surface area is 316 Å². The van der Waals surface area contributed by atoms with Crippen molar-refractivity contribution in [1.29, 1.82) is 0 Å². The largest absolute Gasteiger partial charge is 0.478 e. The van der Waals surface area contributed by atoms with Crippen LogP contribution in [0.25, 0.3) is 5.57 Å². The van der Waals surface area contributed by atoms with E-state index in [9.17, 15) is 19.0 Å². The van der Waals surface area contributed by atoms with Gasteiger partial charge in [0.2, 0.25) is 0 Å². The molecule has 0 bridgehead atoms. The first-order chi connectivity index (χ1) is 24.5. The number of carbonyl (C=O) groups is 1. The topological polar surface area (TPSA) is 93.0 Å². The number of hydrogen-bond donors (Lipinski definition) is 4. The summed E-state index contributed by atoms with van der Waals surface area (Å²) in [6, 6.07) is 7.62. The van der Waals surface area contributed by atoms with Crippen LogP contribution >= 0.6 is 10.6 Å². The van der Waals surface area contributed by atoms with Crippen LogP contribution in [0.3, 0.4) is 0 Å². The lowest BCUT2D eigenvalue weighted by Crippen LogP contribution is -2.65. The molecule has 7 heteroatoms. The van der Waals surface area contributed by atoms with Crippen LogP contribution < -0.4 is 5.32 Å². The Kier molecular flexibility index (Phi) is 10.1. The van der Waals surface area contributed by atoms with Gasteiger partial charge in [-0.1, -0.05) is 77.1 Å². The number of fused-ring (bicyclic) bond motifs is 7. The Hall–Kier alpha value is -1.90. The van der Waals surface area contributed by atoms with Crippen molar-refractivity contribution < 1.29 is 19.0 Å². The number of carboxylic acids is 1. The highest BCUT2D eigenvalue weighted by Crippen LogP contribution is 2.77. The van der Waals surface area contributed by atoms with Crippen LogP contribution in [0, 0.1) is 56.7 Å². The van der Waals surface area contributed by atoms with Crippen molar-refractivity contribution >= 4 is 22.1 Å².